The monoisotopic (exact) mass is 345 g/mol. The molecule has 7 heteroatoms. The average molecular weight is 345 g/mol. The number of likely N-dealkylation sites (N-methyl/N-ethyl adjacent to an activating group) is 1. The van der Waals surface area contributed by atoms with Crippen LogP contribution in [0.25, 0.3) is 0 Å². The maximum absolute atomic E-state index is 11.3. The number of ether oxygens (including phenoxy) is 1. The lowest BCUT2D eigenvalue weighted by molar-refractivity contribution is 0.308. The zero-order valence-corrected chi connectivity index (χ0v) is 14.2. The fourth-order valence-corrected chi connectivity index (χ4v) is 3.80. The van der Waals surface area contributed by atoms with E-state index >= 15 is 0 Å². The Labute approximate surface area is 141 Å². The summed E-state index contributed by atoms with van der Waals surface area (Å²) in [7, 11) is -1.62. The molecule has 1 saturated carbocycles. The molecule has 1 fully saturated rings. The molecule has 1 aliphatic carbocycles. The zero-order valence-electron chi connectivity index (χ0n) is 13.3. The zero-order chi connectivity index (χ0) is 16.9. The van der Waals surface area contributed by atoms with Crippen LogP contribution >= 0.6 is 0 Å². The van der Waals surface area contributed by atoms with Gasteiger partial charge in [0.05, 0.1) is 11.4 Å². The van der Waals surface area contributed by atoms with E-state index in [9.17, 15) is 8.42 Å². The predicted molar refractivity (Wildman–Crippen MR) is 90.9 cm³/mol. The van der Waals surface area contributed by atoms with Crippen LogP contribution in [0.4, 0.5) is 5.82 Å². The van der Waals surface area contributed by atoms with Crippen molar-refractivity contribution in [1.29, 1.82) is 0 Å². The van der Waals surface area contributed by atoms with Crippen LogP contribution in [-0.2, 0) is 10.0 Å². The molecule has 0 saturated heterocycles. The third-order valence-corrected chi connectivity index (χ3v) is 5.68. The number of pyridine rings is 1. The molecule has 0 radical (unpaired) electrons. The summed E-state index contributed by atoms with van der Waals surface area (Å²) in [5, 5.41) is 5.14. The molecular weight excluding hydrogens is 326 g/mol. The van der Waals surface area contributed by atoms with Gasteiger partial charge in [-0.05, 0) is 47.6 Å². The minimum Gasteiger partial charge on any atom is -0.488 e. The number of hydrogen-bond acceptors (Lipinski definition) is 5. The maximum Gasteiger partial charge on any atom is 0.238 e. The molecule has 2 unspecified atom stereocenters. The molecule has 24 heavy (non-hydrogen) atoms. The van der Waals surface area contributed by atoms with Crippen molar-refractivity contribution >= 4 is 15.8 Å². The third kappa shape index (κ3) is 2.74. The van der Waals surface area contributed by atoms with Crippen LogP contribution in [0.2, 0.25) is 0 Å². The highest BCUT2D eigenvalue weighted by Gasteiger charge is 2.40. The molecule has 1 aliphatic heterocycles. The highest BCUT2D eigenvalue weighted by Crippen LogP contribution is 2.55. The van der Waals surface area contributed by atoms with Crippen LogP contribution in [0, 0.1) is 0 Å². The summed E-state index contributed by atoms with van der Waals surface area (Å²) in [4.78, 5) is 6.79. The molecule has 2 heterocycles. The summed E-state index contributed by atoms with van der Waals surface area (Å²) in [6.45, 7) is 1.53. The van der Waals surface area contributed by atoms with Crippen LogP contribution < -0.4 is 14.8 Å². The van der Waals surface area contributed by atoms with Crippen molar-refractivity contribution in [2.45, 2.75) is 23.2 Å². The van der Waals surface area contributed by atoms with E-state index in [0.29, 0.717) is 18.4 Å². The highest BCUT2D eigenvalue weighted by atomic mass is 32.2. The summed E-state index contributed by atoms with van der Waals surface area (Å²) in [5.74, 6) is 2.52. The Bertz CT molecular complexity index is 880. The smallest absolute Gasteiger partial charge is 0.238 e. The fraction of sp³-hybridized carbons (Fsp3) is 0.353. The van der Waals surface area contributed by atoms with Gasteiger partial charge in [-0.25, -0.2) is 18.5 Å². The number of sulfonamides is 1. The Morgan fingerprint density at radius 3 is 2.62 bits per heavy atom. The van der Waals surface area contributed by atoms with Gasteiger partial charge >= 0.3 is 0 Å². The van der Waals surface area contributed by atoms with E-state index in [1.54, 1.807) is 12.1 Å². The number of aromatic nitrogens is 1. The lowest BCUT2D eigenvalue weighted by atomic mass is 10.1. The molecule has 0 bridgehead atoms. The number of fused-ring (bicyclic) bond motifs is 1. The molecule has 1 aromatic carbocycles. The first-order valence-electron chi connectivity index (χ1n) is 7.90. The third-order valence-electron chi connectivity index (χ3n) is 4.76. The van der Waals surface area contributed by atoms with Crippen LogP contribution in [0.5, 0.6) is 5.75 Å². The minimum atomic E-state index is -3.64. The molecule has 2 N–H and O–H groups in total. The quantitative estimate of drug-likeness (QED) is 0.917. The van der Waals surface area contributed by atoms with Crippen molar-refractivity contribution < 1.29 is 13.2 Å². The highest BCUT2D eigenvalue weighted by molar-refractivity contribution is 7.89. The van der Waals surface area contributed by atoms with Crippen LogP contribution in [0.15, 0.2) is 41.4 Å². The lowest BCUT2D eigenvalue weighted by Crippen LogP contribution is -2.29. The largest absolute Gasteiger partial charge is 0.488 e. The molecule has 6 nitrogen and oxygen atoms in total. The van der Waals surface area contributed by atoms with Gasteiger partial charge < -0.3 is 9.64 Å². The Balaban J connectivity index is 1.54. The number of nitrogens with two attached hydrogens (primary N) is 1. The molecule has 2 atom stereocenters. The first-order valence-corrected chi connectivity index (χ1v) is 9.45. The Morgan fingerprint density at radius 1 is 1.21 bits per heavy atom. The summed E-state index contributed by atoms with van der Waals surface area (Å²) in [6.07, 6.45) is 2.96. The van der Waals surface area contributed by atoms with Crippen LogP contribution in [0.1, 0.15) is 29.4 Å². The molecule has 0 amide bonds. The predicted octanol–water partition coefficient (Wildman–Crippen LogP) is 1.83. The number of rotatable bonds is 3. The number of hydrogen-bond donors (Lipinski definition) is 1. The fourth-order valence-electron chi connectivity index (χ4n) is 3.28. The molecule has 1 aromatic heterocycles. The van der Waals surface area contributed by atoms with Gasteiger partial charge in [0.15, 0.2) is 11.6 Å². The molecular formula is C17H19N3O3S. The Hall–Kier alpha value is -2.12. The molecule has 2 aromatic rings. The van der Waals surface area contributed by atoms with Crippen molar-refractivity contribution in [1.82, 2.24) is 4.98 Å². The standard InChI is InChI=1S/C17H19N3O3S/c1-20-6-7-23-16-8-12(10-19-17(16)20)15-9-14(15)11-2-4-13(5-3-11)24(18,21)22/h2-5,8,10,14-15H,6-7,9H2,1H3,(H2,18,21,22). The van der Waals surface area contributed by atoms with Gasteiger partial charge in [0, 0.05) is 13.2 Å². The van der Waals surface area contributed by atoms with Gasteiger partial charge in [-0.15, -0.1) is 0 Å². The van der Waals surface area contributed by atoms with Crippen molar-refractivity contribution in [3.63, 3.8) is 0 Å². The number of nitrogens with zero attached hydrogens (tertiary/aromatic N) is 2. The van der Waals surface area contributed by atoms with E-state index in [1.165, 1.54) is 5.56 Å². The molecule has 4 rings (SSSR count). The summed E-state index contributed by atoms with van der Waals surface area (Å²) >= 11 is 0. The van der Waals surface area contributed by atoms with Crippen LogP contribution in [-0.4, -0.2) is 33.6 Å². The maximum atomic E-state index is 11.3. The second kappa shape index (κ2) is 5.46. The minimum absolute atomic E-state index is 0.148. The van der Waals surface area contributed by atoms with E-state index in [-0.39, 0.29) is 4.90 Å². The van der Waals surface area contributed by atoms with Crippen molar-refractivity contribution in [3.8, 4) is 5.75 Å². The Kier molecular flexibility index (Phi) is 3.51. The van der Waals surface area contributed by atoms with Gasteiger partial charge in [0.25, 0.3) is 0 Å². The van der Waals surface area contributed by atoms with E-state index in [2.05, 4.69) is 16.0 Å². The van der Waals surface area contributed by atoms with Gasteiger partial charge in [-0.1, -0.05) is 12.1 Å². The lowest BCUT2D eigenvalue weighted by Gasteiger charge is -2.26. The van der Waals surface area contributed by atoms with E-state index in [0.717, 1.165) is 30.1 Å². The summed E-state index contributed by atoms with van der Waals surface area (Å²) in [6, 6.07) is 8.93. The second-order valence-electron chi connectivity index (χ2n) is 6.42. The summed E-state index contributed by atoms with van der Waals surface area (Å²) in [5.41, 5.74) is 2.30. The van der Waals surface area contributed by atoms with Gasteiger partial charge in [-0.3, -0.25) is 0 Å². The van der Waals surface area contributed by atoms with Gasteiger partial charge in [0.2, 0.25) is 10.0 Å². The average Bonchev–Trinajstić information content (AvgIpc) is 3.35. The SMILES string of the molecule is CN1CCOc2cc(C3CC3c3ccc(S(N)(=O)=O)cc3)cnc21. The van der Waals surface area contributed by atoms with E-state index in [4.69, 9.17) is 9.88 Å². The first-order chi connectivity index (χ1) is 11.4. The van der Waals surface area contributed by atoms with Gasteiger partial charge in [-0.2, -0.15) is 0 Å². The summed E-state index contributed by atoms with van der Waals surface area (Å²) < 4.78 is 28.4. The van der Waals surface area contributed by atoms with Gasteiger partial charge in [0.1, 0.15) is 6.61 Å². The topological polar surface area (TPSA) is 85.5 Å². The van der Waals surface area contributed by atoms with E-state index in [1.807, 2.05) is 25.4 Å². The second-order valence-corrected chi connectivity index (χ2v) is 7.98. The van der Waals surface area contributed by atoms with Crippen molar-refractivity contribution in [2.75, 3.05) is 25.1 Å². The van der Waals surface area contributed by atoms with Crippen molar-refractivity contribution in [2.24, 2.45) is 5.14 Å². The molecule has 126 valence electrons. The number of anilines is 1. The van der Waals surface area contributed by atoms with Crippen LogP contribution in [0.3, 0.4) is 0 Å². The van der Waals surface area contributed by atoms with Crippen molar-refractivity contribution in [3.05, 3.63) is 47.7 Å². The van der Waals surface area contributed by atoms with E-state index < -0.39 is 10.0 Å². The Morgan fingerprint density at radius 2 is 1.92 bits per heavy atom. The number of benzene rings is 1. The molecule has 0 spiro atoms. The number of primary sulfonamides is 1. The first kappa shape index (κ1) is 15.4. The normalized spacial score (nSPS) is 22.7. The molecule has 2 aliphatic rings.